The lowest BCUT2D eigenvalue weighted by Crippen LogP contribution is -2.37. The van der Waals surface area contributed by atoms with Crippen molar-refractivity contribution >= 4 is 23.4 Å². The summed E-state index contributed by atoms with van der Waals surface area (Å²) in [6.07, 6.45) is 0. The van der Waals surface area contributed by atoms with Crippen LogP contribution in [0.25, 0.3) is 0 Å². The number of hydrogen-bond acceptors (Lipinski definition) is 4. The van der Waals surface area contributed by atoms with E-state index in [9.17, 15) is 4.79 Å². The molecule has 0 spiro atoms. The quantitative estimate of drug-likeness (QED) is 0.875. The number of hydrogen-bond donors (Lipinski definition) is 2. The van der Waals surface area contributed by atoms with Gasteiger partial charge in [-0.1, -0.05) is 0 Å². The Morgan fingerprint density at radius 1 is 1.61 bits per heavy atom. The fourth-order valence-electron chi connectivity index (χ4n) is 1.84. The van der Waals surface area contributed by atoms with Crippen molar-refractivity contribution < 1.29 is 9.53 Å². The van der Waals surface area contributed by atoms with E-state index in [1.807, 2.05) is 32.0 Å². The van der Waals surface area contributed by atoms with Crippen LogP contribution in [0, 0.1) is 6.92 Å². The molecule has 2 N–H and O–H groups in total. The molecule has 1 aromatic rings. The summed E-state index contributed by atoms with van der Waals surface area (Å²) in [5, 5.41) is 6.07. The van der Waals surface area contributed by atoms with Crippen LogP contribution < -0.4 is 15.4 Å². The number of thioether (sulfide) groups is 1. The first-order chi connectivity index (χ1) is 8.70. The topological polar surface area (TPSA) is 50.4 Å². The number of amides is 1. The number of benzene rings is 1. The summed E-state index contributed by atoms with van der Waals surface area (Å²) >= 11 is 1.74. The third-order valence-electron chi connectivity index (χ3n) is 2.78. The second-order valence-corrected chi connectivity index (χ2v) is 5.20. The van der Waals surface area contributed by atoms with Crippen molar-refractivity contribution in [3.63, 3.8) is 0 Å². The van der Waals surface area contributed by atoms with Gasteiger partial charge in [-0.15, -0.1) is 11.8 Å². The van der Waals surface area contributed by atoms with Gasteiger partial charge in [0.1, 0.15) is 5.75 Å². The van der Waals surface area contributed by atoms with Crippen LogP contribution in [0.5, 0.6) is 5.75 Å². The number of nitrogens with one attached hydrogen (secondary N) is 2. The molecule has 0 aliphatic carbocycles. The van der Waals surface area contributed by atoms with Gasteiger partial charge >= 0.3 is 0 Å². The smallest absolute Gasteiger partial charge is 0.242 e. The van der Waals surface area contributed by atoms with E-state index in [1.165, 1.54) is 0 Å². The molecule has 2 rings (SSSR count). The van der Waals surface area contributed by atoms with Crippen molar-refractivity contribution in [3.05, 3.63) is 23.8 Å². The monoisotopic (exact) mass is 266 g/mol. The molecule has 1 atom stereocenters. The van der Waals surface area contributed by atoms with Crippen LogP contribution in [0.2, 0.25) is 0 Å². The van der Waals surface area contributed by atoms with E-state index in [1.54, 1.807) is 11.8 Å². The van der Waals surface area contributed by atoms with E-state index in [0.29, 0.717) is 6.61 Å². The zero-order chi connectivity index (χ0) is 13.0. The van der Waals surface area contributed by atoms with Gasteiger partial charge in [-0.05, 0) is 37.6 Å². The van der Waals surface area contributed by atoms with E-state index in [4.69, 9.17) is 4.74 Å². The Kier molecular flexibility index (Phi) is 4.49. The van der Waals surface area contributed by atoms with Gasteiger partial charge < -0.3 is 10.1 Å². The molecule has 1 saturated heterocycles. The van der Waals surface area contributed by atoms with E-state index < -0.39 is 0 Å². The van der Waals surface area contributed by atoms with E-state index >= 15 is 0 Å². The third kappa shape index (κ3) is 3.17. The van der Waals surface area contributed by atoms with Gasteiger partial charge in [0.15, 0.2) is 0 Å². The Bertz CT molecular complexity index is 431. The predicted molar refractivity (Wildman–Crippen MR) is 75.2 cm³/mol. The highest BCUT2D eigenvalue weighted by Crippen LogP contribution is 2.22. The summed E-state index contributed by atoms with van der Waals surface area (Å²) in [6, 6.07) is 5.62. The minimum atomic E-state index is -0.0816. The summed E-state index contributed by atoms with van der Waals surface area (Å²) in [6.45, 7) is 4.58. The van der Waals surface area contributed by atoms with Gasteiger partial charge in [-0.25, -0.2) is 0 Å². The van der Waals surface area contributed by atoms with Crippen LogP contribution in [0.4, 0.5) is 5.69 Å². The van der Waals surface area contributed by atoms with Gasteiger partial charge in [0.2, 0.25) is 5.91 Å². The highest BCUT2D eigenvalue weighted by Gasteiger charge is 2.22. The Morgan fingerprint density at radius 3 is 3.06 bits per heavy atom. The summed E-state index contributed by atoms with van der Waals surface area (Å²) in [5.74, 6) is 2.58. The van der Waals surface area contributed by atoms with Crippen molar-refractivity contribution in [2.75, 3.05) is 23.6 Å². The molecular formula is C13H18N2O2S. The molecule has 0 radical (unpaired) electrons. The largest absolute Gasteiger partial charge is 0.494 e. The molecule has 4 nitrogen and oxygen atoms in total. The molecule has 1 amide bonds. The molecule has 0 unspecified atom stereocenters. The Hall–Kier alpha value is -1.20. The van der Waals surface area contributed by atoms with Crippen molar-refractivity contribution in [1.82, 2.24) is 5.32 Å². The maximum atomic E-state index is 11.9. The molecule has 0 bridgehead atoms. The van der Waals surface area contributed by atoms with Crippen molar-refractivity contribution in [2.45, 2.75) is 19.9 Å². The molecule has 18 heavy (non-hydrogen) atoms. The number of carbonyl (C=O) groups is 1. The Labute approximate surface area is 111 Å². The van der Waals surface area contributed by atoms with Crippen LogP contribution >= 0.6 is 11.8 Å². The van der Waals surface area contributed by atoms with Crippen molar-refractivity contribution in [2.24, 2.45) is 0 Å². The molecule has 5 heteroatoms. The van der Waals surface area contributed by atoms with E-state index in [0.717, 1.165) is 28.6 Å². The molecule has 1 aliphatic rings. The normalized spacial score (nSPS) is 18.7. The minimum absolute atomic E-state index is 0.0311. The Morgan fingerprint density at radius 2 is 2.44 bits per heavy atom. The first kappa shape index (κ1) is 13.2. The number of anilines is 1. The standard InChI is InChI=1S/C13H18N2O2S/c1-3-17-12-5-4-10(6-9(12)2)15-13(16)11-7-18-8-14-11/h4-6,11,14H,3,7-8H2,1-2H3,(H,15,16)/t11-/m1/s1. The first-order valence-electron chi connectivity index (χ1n) is 6.06. The lowest BCUT2D eigenvalue weighted by Gasteiger charge is -2.12. The van der Waals surface area contributed by atoms with E-state index in [-0.39, 0.29) is 11.9 Å². The SMILES string of the molecule is CCOc1ccc(NC(=O)[C@H]2CSCN2)cc1C. The van der Waals surface area contributed by atoms with E-state index in [2.05, 4.69) is 10.6 Å². The fourth-order valence-corrected chi connectivity index (χ4v) is 2.78. The maximum absolute atomic E-state index is 11.9. The van der Waals surface area contributed by atoms with Crippen LogP contribution in [0.3, 0.4) is 0 Å². The van der Waals surface area contributed by atoms with Crippen LogP contribution in [0.15, 0.2) is 18.2 Å². The molecule has 98 valence electrons. The summed E-state index contributed by atoms with van der Waals surface area (Å²) < 4.78 is 5.47. The first-order valence-corrected chi connectivity index (χ1v) is 7.21. The highest BCUT2D eigenvalue weighted by atomic mass is 32.2. The van der Waals surface area contributed by atoms with Gasteiger partial charge in [0, 0.05) is 17.3 Å². The third-order valence-corrected chi connectivity index (χ3v) is 3.71. The van der Waals surface area contributed by atoms with Crippen LogP contribution in [-0.4, -0.2) is 30.2 Å². The molecular weight excluding hydrogens is 248 g/mol. The lowest BCUT2D eigenvalue weighted by atomic mass is 10.2. The number of aryl methyl sites for hydroxylation is 1. The molecule has 0 saturated carbocycles. The number of ether oxygens (including phenoxy) is 1. The number of carbonyl (C=O) groups excluding carboxylic acids is 1. The average Bonchev–Trinajstić information content (AvgIpc) is 2.86. The molecule has 1 aromatic carbocycles. The minimum Gasteiger partial charge on any atom is -0.494 e. The summed E-state index contributed by atoms with van der Waals surface area (Å²) in [7, 11) is 0. The zero-order valence-corrected chi connectivity index (χ0v) is 11.5. The van der Waals surface area contributed by atoms with Gasteiger partial charge in [-0.3, -0.25) is 10.1 Å². The van der Waals surface area contributed by atoms with Gasteiger partial charge in [-0.2, -0.15) is 0 Å². The van der Waals surface area contributed by atoms with Crippen LogP contribution in [-0.2, 0) is 4.79 Å². The van der Waals surface area contributed by atoms with Gasteiger partial charge in [0.25, 0.3) is 0 Å². The summed E-state index contributed by atoms with van der Waals surface area (Å²) in [4.78, 5) is 11.9. The highest BCUT2D eigenvalue weighted by molar-refractivity contribution is 7.99. The van der Waals surface area contributed by atoms with Crippen molar-refractivity contribution in [3.8, 4) is 5.75 Å². The lowest BCUT2D eigenvalue weighted by molar-refractivity contribution is -0.117. The molecule has 0 aromatic heterocycles. The van der Waals surface area contributed by atoms with Gasteiger partial charge in [0.05, 0.1) is 12.6 Å². The second-order valence-electron chi connectivity index (χ2n) is 4.17. The molecule has 1 heterocycles. The van der Waals surface area contributed by atoms with Crippen LogP contribution in [0.1, 0.15) is 12.5 Å². The average molecular weight is 266 g/mol. The van der Waals surface area contributed by atoms with Crippen molar-refractivity contribution in [1.29, 1.82) is 0 Å². The zero-order valence-electron chi connectivity index (χ0n) is 10.7. The fraction of sp³-hybridized carbons (Fsp3) is 0.462. The Balaban J connectivity index is 2.00. The number of rotatable bonds is 4. The predicted octanol–water partition coefficient (Wildman–Crippen LogP) is 1.99. The second kappa shape index (κ2) is 6.11. The molecule has 1 aliphatic heterocycles. The summed E-state index contributed by atoms with van der Waals surface area (Å²) in [5.41, 5.74) is 1.85. The molecule has 1 fully saturated rings. The maximum Gasteiger partial charge on any atom is 0.242 e.